The molecule has 172 valence electrons. The largest absolute Gasteiger partial charge is 0.508 e. The maximum absolute atomic E-state index is 13.6. The van der Waals surface area contributed by atoms with Gasteiger partial charge in [0.1, 0.15) is 27.8 Å². The van der Waals surface area contributed by atoms with Crippen LogP contribution in [-0.2, 0) is 4.79 Å². The van der Waals surface area contributed by atoms with Crippen LogP contribution in [0.15, 0.2) is 47.8 Å². The normalized spacial score (nSPS) is 15.3. The van der Waals surface area contributed by atoms with E-state index in [2.05, 4.69) is 20.5 Å². The lowest BCUT2D eigenvalue weighted by atomic mass is 9.86. The van der Waals surface area contributed by atoms with E-state index in [1.807, 2.05) is 18.2 Å². The highest BCUT2D eigenvalue weighted by molar-refractivity contribution is 7.13. The fourth-order valence-electron chi connectivity index (χ4n) is 4.00. The molecule has 0 spiro atoms. The van der Waals surface area contributed by atoms with Gasteiger partial charge in [-0.2, -0.15) is 0 Å². The third kappa shape index (κ3) is 4.67. The Balaban J connectivity index is 1.50. The number of nitrogens with one attached hydrogen (secondary N) is 2. The third-order valence-corrected chi connectivity index (χ3v) is 6.82. The van der Waals surface area contributed by atoms with Crippen LogP contribution in [0.4, 0.5) is 15.8 Å². The van der Waals surface area contributed by atoms with E-state index in [0.29, 0.717) is 42.2 Å². The maximum atomic E-state index is 13.6. The first-order valence-electron chi connectivity index (χ1n) is 10.4. The van der Waals surface area contributed by atoms with Crippen LogP contribution in [0, 0.1) is 5.82 Å². The van der Waals surface area contributed by atoms with Crippen molar-refractivity contribution in [1.29, 1.82) is 0 Å². The van der Waals surface area contributed by atoms with E-state index >= 15 is 0 Å². The quantitative estimate of drug-likeness (QED) is 0.441. The lowest BCUT2D eigenvalue weighted by Gasteiger charge is -2.41. The van der Waals surface area contributed by atoms with Crippen LogP contribution in [0.3, 0.4) is 0 Å². The molecule has 10 heteroatoms. The minimum absolute atomic E-state index is 0.190. The van der Waals surface area contributed by atoms with E-state index in [1.54, 1.807) is 18.5 Å². The summed E-state index contributed by atoms with van der Waals surface area (Å²) in [6.45, 7) is 1.20. The summed E-state index contributed by atoms with van der Waals surface area (Å²) in [5, 5.41) is 17.6. The minimum Gasteiger partial charge on any atom is -0.508 e. The van der Waals surface area contributed by atoms with Gasteiger partial charge in [-0.25, -0.2) is 9.37 Å². The van der Waals surface area contributed by atoms with Crippen LogP contribution >= 0.6 is 11.3 Å². The van der Waals surface area contributed by atoms with Crippen molar-refractivity contribution in [2.24, 2.45) is 5.73 Å². The Labute approximate surface area is 194 Å². The average Bonchev–Trinajstić information content (AvgIpc) is 3.29. The molecule has 4 rings (SSSR count). The molecule has 1 aliphatic heterocycles. The number of amides is 2. The molecule has 1 aromatic heterocycles. The van der Waals surface area contributed by atoms with Crippen molar-refractivity contribution in [1.82, 2.24) is 10.3 Å². The van der Waals surface area contributed by atoms with E-state index < -0.39 is 17.3 Å². The number of likely N-dealkylation sites (N-methyl/N-ethyl adjacent to an activating group) is 1. The molecule has 0 bridgehead atoms. The standard InChI is InChI=1S/C23H24FN5O3S/c1-26-23(22(25)32)6-8-29(9-7-23)19-5-3-2-4-17(19)27-20(31)18-13-33-21(28-18)14-10-15(24)12-16(30)11-14/h2-5,10-13,26,30H,6-9H2,1H3,(H2,25,32)(H,27,31). The number of carbonyl (C=O) groups excluding carboxylic acids is 2. The summed E-state index contributed by atoms with van der Waals surface area (Å²) in [4.78, 5) is 31.2. The molecule has 0 saturated carbocycles. The van der Waals surface area contributed by atoms with Gasteiger partial charge in [0, 0.05) is 30.1 Å². The molecule has 33 heavy (non-hydrogen) atoms. The van der Waals surface area contributed by atoms with Gasteiger partial charge in [0.05, 0.1) is 11.4 Å². The summed E-state index contributed by atoms with van der Waals surface area (Å²) in [5.41, 5.74) is 6.92. The van der Waals surface area contributed by atoms with Gasteiger partial charge in [0.15, 0.2) is 0 Å². The highest BCUT2D eigenvalue weighted by Gasteiger charge is 2.38. The number of aromatic nitrogens is 1. The molecule has 0 aliphatic carbocycles. The first-order valence-corrected chi connectivity index (χ1v) is 11.3. The van der Waals surface area contributed by atoms with Crippen molar-refractivity contribution >= 4 is 34.5 Å². The third-order valence-electron chi connectivity index (χ3n) is 5.93. The summed E-state index contributed by atoms with van der Waals surface area (Å²) in [5.74, 6) is -1.55. The van der Waals surface area contributed by atoms with Crippen molar-refractivity contribution in [2.75, 3.05) is 30.4 Å². The first-order chi connectivity index (χ1) is 15.8. The highest BCUT2D eigenvalue weighted by atomic mass is 32.1. The van der Waals surface area contributed by atoms with E-state index in [9.17, 15) is 19.1 Å². The SMILES string of the molecule is CNC1(C(N)=O)CCN(c2ccccc2NC(=O)c2csc(-c3cc(O)cc(F)c3)n2)CC1. The smallest absolute Gasteiger partial charge is 0.275 e. The first kappa shape index (κ1) is 22.7. The van der Waals surface area contributed by atoms with Crippen molar-refractivity contribution in [3.63, 3.8) is 0 Å². The summed E-state index contributed by atoms with van der Waals surface area (Å²) < 4.78 is 13.6. The zero-order valence-corrected chi connectivity index (χ0v) is 18.8. The number of aromatic hydroxyl groups is 1. The molecule has 0 unspecified atom stereocenters. The molecule has 0 radical (unpaired) electrons. The van der Waals surface area contributed by atoms with E-state index in [4.69, 9.17) is 5.73 Å². The Hall–Kier alpha value is -3.50. The number of anilines is 2. The fraction of sp³-hybridized carbons (Fsp3) is 0.261. The highest BCUT2D eigenvalue weighted by Crippen LogP contribution is 2.32. The molecular formula is C23H24FN5O3S. The number of rotatable bonds is 6. The Kier molecular flexibility index (Phi) is 6.30. The van der Waals surface area contributed by atoms with Gasteiger partial charge < -0.3 is 26.4 Å². The predicted octanol–water partition coefficient (Wildman–Crippen LogP) is 2.95. The topological polar surface area (TPSA) is 121 Å². The number of phenols is 1. The maximum Gasteiger partial charge on any atom is 0.275 e. The summed E-state index contributed by atoms with van der Waals surface area (Å²) >= 11 is 1.19. The molecule has 8 nitrogen and oxygen atoms in total. The van der Waals surface area contributed by atoms with E-state index in [0.717, 1.165) is 11.8 Å². The Morgan fingerprint density at radius 3 is 2.61 bits per heavy atom. The number of benzene rings is 2. The van der Waals surface area contributed by atoms with Crippen molar-refractivity contribution in [3.05, 3.63) is 59.4 Å². The summed E-state index contributed by atoms with van der Waals surface area (Å²) in [7, 11) is 1.74. The zero-order valence-electron chi connectivity index (χ0n) is 18.0. The number of carbonyl (C=O) groups is 2. The molecule has 2 amide bonds. The summed E-state index contributed by atoms with van der Waals surface area (Å²) in [6, 6.07) is 11.1. The molecule has 5 N–H and O–H groups in total. The molecule has 3 aromatic rings. The second kappa shape index (κ2) is 9.16. The van der Waals surface area contributed by atoms with Crippen LogP contribution in [0.25, 0.3) is 10.6 Å². The lowest BCUT2D eigenvalue weighted by Crippen LogP contribution is -2.59. The Morgan fingerprint density at radius 1 is 1.21 bits per heavy atom. The molecule has 0 atom stereocenters. The number of phenolic OH excluding ortho intramolecular Hbond substituents is 1. The zero-order chi connectivity index (χ0) is 23.6. The van der Waals surface area contributed by atoms with Gasteiger partial charge in [-0.3, -0.25) is 9.59 Å². The Morgan fingerprint density at radius 2 is 1.94 bits per heavy atom. The number of primary amides is 1. The van der Waals surface area contributed by atoms with Gasteiger partial charge in [-0.15, -0.1) is 11.3 Å². The van der Waals surface area contributed by atoms with Crippen molar-refractivity contribution in [2.45, 2.75) is 18.4 Å². The second-order valence-electron chi connectivity index (χ2n) is 7.89. The van der Waals surface area contributed by atoms with Gasteiger partial charge in [-0.05, 0) is 44.2 Å². The number of piperidine rings is 1. The molecule has 2 aromatic carbocycles. The average molecular weight is 470 g/mol. The monoisotopic (exact) mass is 469 g/mol. The van der Waals surface area contributed by atoms with Crippen LogP contribution < -0.4 is 21.3 Å². The van der Waals surface area contributed by atoms with Crippen LogP contribution in [0.2, 0.25) is 0 Å². The fourth-order valence-corrected chi connectivity index (χ4v) is 4.79. The number of thiazole rings is 1. The molecular weight excluding hydrogens is 445 g/mol. The number of nitrogens with two attached hydrogens (primary N) is 1. The van der Waals surface area contributed by atoms with Crippen molar-refractivity contribution in [3.8, 4) is 16.3 Å². The molecule has 2 heterocycles. The van der Waals surface area contributed by atoms with Gasteiger partial charge in [0.2, 0.25) is 5.91 Å². The number of para-hydroxylation sites is 2. The van der Waals surface area contributed by atoms with Crippen LogP contribution in [-0.4, -0.2) is 47.6 Å². The number of hydrogen-bond acceptors (Lipinski definition) is 7. The second-order valence-corrected chi connectivity index (χ2v) is 8.75. The van der Waals surface area contributed by atoms with Gasteiger partial charge >= 0.3 is 0 Å². The summed E-state index contributed by atoms with van der Waals surface area (Å²) in [6.07, 6.45) is 1.11. The predicted molar refractivity (Wildman–Crippen MR) is 126 cm³/mol. The van der Waals surface area contributed by atoms with Crippen molar-refractivity contribution < 1.29 is 19.1 Å². The van der Waals surface area contributed by atoms with E-state index in [-0.39, 0.29) is 17.4 Å². The lowest BCUT2D eigenvalue weighted by molar-refractivity contribution is -0.125. The van der Waals surface area contributed by atoms with Crippen LogP contribution in [0.5, 0.6) is 5.75 Å². The number of halogens is 1. The number of nitrogens with zero attached hydrogens (tertiary/aromatic N) is 2. The molecule has 1 saturated heterocycles. The minimum atomic E-state index is -0.725. The Bertz CT molecular complexity index is 1170. The van der Waals surface area contributed by atoms with E-state index in [1.165, 1.54) is 23.5 Å². The van der Waals surface area contributed by atoms with Gasteiger partial charge in [0.25, 0.3) is 5.91 Å². The molecule has 1 fully saturated rings. The molecule has 1 aliphatic rings. The number of hydrogen-bond donors (Lipinski definition) is 4. The van der Waals surface area contributed by atoms with Gasteiger partial charge in [-0.1, -0.05) is 12.1 Å². The van der Waals surface area contributed by atoms with Crippen LogP contribution in [0.1, 0.15) is 23.3 Å².